The fourth-order valence-electron chi connectivity index (χ4n) is 1.39. The van der Waals surface area contributed by atoms with Crippen LogP contribution in [0.5, 0.6) is 0 Å². The quantitative estimate of drug-likeness (QED) is 0.654. The van der Waals surface area contributed by atoms with Crippen LogP contribution in [0.15, 0.2) is 17.3 Å². The predicted octanol–water partition coefficient (Wildman–Crippen LogP) is 0.181. The van der Waals surface area contributed by atoms with Gasteiger partial charge in [-0.1, -0.05) is 6.92 Å². The third kappa shape index (κ3) is 4.45. The lowest BCUT2D eigenvalue weighted by Crippen LogP contribution is -2.18. The van der Waals surface area contributed by atoms with E-state index in [0.717, 1.165) is 32.5 Å². The van der Waals surface area contributed by atoms with Gasteiger partial charge in [-0.25, -0.2) is 13.1 Å². The second-order valence-electron chi connectivity index (χ2n) is 3.75. The number of aromatic nitrogens is 2. The highest BCUT2D eigenvalue weighted by Crippen LogP contribution is 2.06. The number of rotatable bonds is 8. The third-order valence-electron chi connectivity index (χ3n) is 2.36. The van der Waals surface area contributed by atoms with Crippen LogP contribution >= 0.6 is 0 Å². The standard InChI is InChI=1S/C10H20N4O2S/c1-3-5-12-6-4-7-14-9-10(8-13-14)17(15,16)11-2/h8-9,11-12H,3-7H2,1-2H3. The summed E-state index contributed by atoms with van der Waals surface area (Å²) < 4.78 is 26.8. The second-order valence-corrected chi connectivity index (χ2v) is 5.64. The average molecular weight is 260 g/mol. The Labute approximate surface area is 102 Å². The van der Waals surface area contributed by atoms with E-state index in [1.807, 2.05) is 0 Å². The first-order valence-electron chi connectivity index (χ1n) is 5.77. The molecule has 0 aliphatic heterocycles. The van der Waals surface area contributed by atoms with Crippen LogP contribution in [0.1, 0.15) is 19.8 Å². The van der Waals surface area contributed by atoms with Crippen molar-refractivity contribution in [3.63, 3.8) is 0 Å². The van der Waals surface area contributed by atoms with Gasteiger partial charge in [0.15, 0.2) is 0 Å². The van der Waals surface area contributed by atoms with Crippen molar-refractivity contribution >= 4 is 10.0 Å². The lowest BCUT2D eigenvalue weighted by atomic mass is 10.4. The van der Waals surface area contributed by atoms with E-state index in [1.165, 1.54) is 13.2 Å². The van der Waals surface area contributed by atoms with Gasteiger partial charge < -0.3 is 5.32 Å². The molecule has 0 aliphatic rings. The van der Waals surface area contributed by atoms with Gasteiger partial charge in [0, 0.05) is 12.7 Å². The van der Waals surface area contributed by atoms with Crippen LogP contribution in [-0.4, -0.2) is 38.3 Å². The topological polar surface area (TPSA) is 76.0 Å². The zero-order chi connectivity index (χ0) is 12.7. The van der Waals surface area contributed by atoms with Crippen molar-refractivity contribution in [3.8, 4) is 0 Å². The highest BCUT2D eigenvalue weighted by Gasteiger charge is 2.13. The normalized spacial score (nSPS) is 11.9. The molecule has 0 atom stereocenters. The molecule has 0 saturated carbocycles. The summed E-state index contributed by atoms with van der Waals surface area (Å²) >= 11 is 0. The number of sulfonamides is 1. The Morgan fingerprint density at radius 3 is 2.82 bits per heavy atom. The molecule has 98 valence electrons. The van der Waals surface area contributed by atoms with Crippen molar-refractivity contribution in [3.05, 3.63) is 12.4 Å². The van der Waals surface area contributed by atoms with Crippen LogP contribution in [0.4, 0.5) is 0 Å². The van der Waals surface area contributed by atoms with Gasteiger partial charge in [-0.3, -0.25) is 4.68 Å². The molecule has 1 aromatic rings. The first-order chi connectivity index (χ1) is 8.10. The zero-order valence-corrected chi connectivity index (χ0v) is 11.1. The highest BCUT2D eigenvalue weighted by atomic mass is 32.2. The first kappa shape index (κ1) is 14.1. The molecule has 0 aliphatic carbocycles. The molecule has 17 heavy (non-hydrogen) atoms. The van der Waals surface area contributed by atoms with E-state index in [0.29, 0.717) is 0 Å². The molecule has 1 rings (SSSR count). The molecule has 7 heteroatoms. The number of aryl methyl sites for hydroxylation is 1. The van der Waals surface area contributed by atoms with Crippen LogP contribution in [-0.2, 0) is 16.6 Å². The zero-order valence-electron chi connectivity index (χ0n) is 10.3. The maximum atomic E-state index is 11.5. The monoisotopic (exact) mass is 260 g/mol. The summed E-state index contributed by atoms with van der Waals surface area (Å²) in [6.07, 6.45) is 4.96. The summed E-state index contributed by atoms with van der Waals surface area (Å²) in [6.45, 7) is 4.77. The molecule has 0 amide bonds. The van der Waals surface area contributed by atoms with Gasteiger partial charge in [0.25, 0.3) is 0 Å². The summed E-state index contributed by atoms with van der Waals surface area (Å²) in [5.74, 6) is 0. The van der Waals surface area contributed by atoms with Crippen LogP contribution < -0.4 is 10.0 Å². The highest BCUT2D eigenvalue weighted by molar-refractivity contribution is 7.89. The van der Waals surface area contributed by atoms with Gasteiger partial charge in [-0.2, -0.15) is 5.10 Å². The van der Waals surface area contributed by atoms with Crippen molar-refractivity contribution < 1.29 is 8.42 Å². The Bertz CT molecular complexity index is 427. The number of nitrogens with one attached hydrogen (secondary N) is 2. The molecule has 2 N–H and O–H groups in total. The van der Waals surface area contributed by atoms with Gasteiger partial charge in [0.2, 0.25) is 10.0 Å². The lowest BCUT2D eigenvalue weighted by molar-refractivity contribution is 0.541. The average Bonchev–Trinajstić information content (AvgIpc) is 2.78. The van der Waals surface area contributed by atoms with Crippen molar-refractivity contribution in [2.24, 2.45) is 0 Å². The summed E-state index contributed by atoms with van der Waals surface area (Å²) in [4.78, 5) is 0.210. The van der Waals surface area contributed by atoms with Crippen molar-refractivity contribution in [2.75, 3.05) is 20.1 Å². The molecule has 1 aromatic heterocycles. The van der Waals surface area contributed by atoms with Crippen LogP contribution in [0.25, 0.3) is 0 Å². The Hall–Kier alpha value is -0.920. The Balaban J connectivity index is 2.41. The van der Waals surface area contributed by atoms with E-state index < -0.39 is 10.0 Å². The van der Waals surface area contributed by atoms with Gasteiger partial charge in [0.05, 0.1) is 6.20 Å². The maximum Gasteiger partial charge on any atom is 0.243 e. The van der Waals surface area contributed by atoms with E-state index >= 15 is 0 Å². The van der Waals surface area contributed by atoms with E-state index in [-0.39, 0.29) is 4.90 Å². The summed E-state index contributed by atoms with van der Waals surface area (Å²) in [5, 5.41) is 7.30. The van der Waals surface area contributed by atoms with Crippen LogP contribution in [0.2, 0.25) is 0 Å². The molecule has 0 spiro atoms. The SMILES string of the molecule is CCCNCCCn1cc(S(=O)(=O)NC)cn1. The van der Waals surface area contributed by atoms with Gasteiger partial charge in [-0.15, -0.1) is 0 Å². The minimum absolute atomic E-state index is 0.210. The first-order valence-corrected chi connectivity index (χ1v) is 7.25. The lowest BCUT2D eigenvalue weighted by Gasteiger charge is -2.03. The van der Waals surface area contributed by atoms with E-state index in [4.69, 9.17) is 0 Å². The molecule has 0 fully saturated rings. The maximum absolute atomic E-state index is 11.5. The minimum Gasteiger partial charge on any atom is -0.317 e. The molecule has 1 heterocycles. The summed E-state index contributed by atoms with van der Waals surface area (Å²) in [5.41, 5.74) is 0. The van der Waals surface area contributed by atoms with Crippen molar-refractivity contribution in [1.82, 2.24) is 19.8 Å². The van der Waals surface area contributed by atoms with Gasteiger partial charge in [-0.05, 0) is 33.0 Å². The van der Waals surface area contributed by atoms with Crippen molar-refractivity contribution in [2.45, 2.75) is 31.2 Å². The summed E-state index contributed by atoms with van der Waals surface area (Å²) in [7, 11) is -1.98. The molecular weight excluding hydrogens is 240 g/mol. The number of hydrogen-bond donors (Lipinski definition) is 2. The fourth-order valence-corrected chi connectivity index (χ4v) is 2.07. The molecular formula is C10H20N4O2S. The van der Waals surface area contributed by atoms with Gasteiger partial charge >= 0.3 is 0 Å². The molecule has 0 radical (unpaired) electrons. The Morgan fingerprint density at radius 1 is 1.41 bits per heavy atom. The number of nitrogens with zero attached hydrogens (tertiary/aromatic N) is 2. The molecule has 0 aromatic carbocycles. The van der Waals surface area contributed by atoms with Crippen molar-refractivity contribution in [1.29, 1.82) is 0 Å². The van der Waals surface area contributed by atoms with E-state index in [2.05, 4.69) is 22.1 Å². The Kier molecular flexibility index (Phi) is 5.60. The number of hydrogen-bond acceptors (Lipinski definition) is 4. The molecule has 6 nitrogen and oxygen atoms in total. The fraction of sp³-hybridized carbons (Fsp3) is 0.700. The van der Waals surface area contributed by atoms with E-state index in [1.54, 1.807) is 10.9 Å². The predicted molar refractivity (Wildman–Crippen MR) is 66.3 cm³/mol. The second kappa shape index (κ2) is 6.73. The van der Waals surface area contributed by atoms with Gasteiger partial charge in [0.1, 0.15) is 4.90 Å². The molecule has 0 bridgehead atoms. The molecule has 0 saturated heterocycles. The Morgan fingerprint density at radius 2 is 2.18 bits per heavy atom. The van der Waals surface area contributed by atoms with Crippen LogP contribution in [0.3, 0.4) is 0 Å². The summed E-state index contributed by atoms with van der Waals surface area (Å²) in [6, 6.07) is 0. The van der Waals surface area contributed by atoms with E-state index in [9.17, 15) is 8.42 Å². The smallest absolute Gasteiger partial charge is 0.243 e. The largest absolute Gasteiger partial charge is 0.317 e. The molecule has 0 unspecified atom stereocenters. The minimum atomic E-state index is -3.37. The van der Waals surface area contributed by atoms with Crippen LogP contribution in [0, 0.1) is 0 Å². The third-order valence-corrected chi connectivity index (χ3v) is 3.73.